The van der Waals surface area contributed by atoms with Gasteiger partial charge in [0, 0.05) is 4.47 Å². The first kappa shape index (κ1) is 12.3. The third-order valence-electron chi connectivity index (χ3n) is 2.73. The van der Waals surface area contributed by atoms with Crippen molar-refractivity contribution in [3.05, 3.63) is 40.1 Å². The fourth-order valence-electron chi connectivity index (χ4n) is 1.60. The van der Waals surface area contributed by atoms with Gasteiger partial charge in [0.1, 0.15) is 5.69 Å². The van der Waals surface area contributed by atoms with Gasteiger partial charge in [0.05, 0.1) is 18.0 Å². The lowest BCUT2D eigenvalue weighted by Gasteiger charge is -2.06. The number of rotatable bonds is 3. The van der Waals surface area contributed by atoms with Crippen LogP contribution >= 0.6 is 15.9 Å². The second kappa shape index (κ2) is 4.98. The van der Waals surface area contributed by atoms with Crippen molar-refractivity contribution < 1.29 is 5.11 Å². The Kier molecular flexibility index (Phi) is 3.59. The van der Waals surface area contributed by atoms with Crippen molar-refractivity contribution in [3.8, 4) is 5.69 Å². The van der Waals surface area contributed by atoms with Crippen molar-refractivity contribution in [2.45, 2.75) is 26.4 Å². The monoisotopic (exact) mass is 295 g/mol. The van der Waals surface area contributed by atoms with Crippen LogP contribution in [0.4, 0.5) is 0 Å². The van der Waals surface area contributed by atoms with Crippen molar-refractivity contribution in [2.75, 3.05) is 0 Å². The molecule has 90 valence electrons. The Morgan fingerprint density at radius 1 is 1.47 bits per heavy atom. The summed E-state index contributed by atoms with van der Waals surface area (Å²) in [6, 6.07) is 5.90. The van der Waals surface area contributed by atoms with Crippen LogP contribution in [0.25, 0.3) is 5.69 Å². The Hall–Kier alpha value is -1.20. The zero-order valence-electron chi connectivity index (χ0n) is 9.76. The summed E-state index contributed by atoms with van der Waals surface area (Å²) in [5.41, 5.74) is 2.66. The summed E-state index contributed by atoms with van der Waals surface area (Å²) in [6.45, 7) is 3.92. The average Bonchev–Trinajstić information content (AvgIpc) is 2.81. The van der Waals surface area contributed by atoms with Gasteiger partial charge in [0.15, 0.2) is 0 Å². The van der Waals surface area contributed by atoms with Crippen molar-refractivity contribution in [2.24, 2.45) is 0 Å². The molecule has 0 saturated carbocycles. The van der Waals surface area contributed by atoms with E-state index in [9.17, 15) is 5.11 Å². The maximum Gasteiger partial charge on any atom is 0.112 e. The minimum atomic E-state index is -0.545. The Morgan fingerprint density at radius 3 is 2.94 bits per heavy atom. The first-order valence-electron chi connectivity index (χ1n) is 5.49. The summed E-state index contributed by atoms with van der Waals surface area (Å²) in [5.74, 6) is 0. The van der Waals surface area contributed by atoms with Gasteiger partial charge in [0.2, 0.25) is 0 Å². The largest absolute Gasteiger partial charge is 0.387 e. The number of hydrogen-bond acceptors (Lipinski definition) is 3. The normalized spacial score (nSPS) is 12.7. The van der Waals surface area contributed by atoms with E-state index in [2.05, 4.69) is 26.2 Å². The molecule has 0 spiro atoms. The third kappa shape index (κ3) is 2.40. The summed E-state index contributed by atoms with van der Waals surface area (Å²) in [6.07, 6.45) is 1.86. The molecule has 0 saturated heterocycles. The van der Waals surface area contributed by atoms with Gasteiger partial charge in [-0.3, -0.25) is 0 Å². The van der Waals surface area contributed by atoms with Gasteiger partial charge in [0.25, 0.3) is 0 Å². The summed E-state index contributed by atoms with van der Waals surface area (Å²) in [5, 5.41) is 17.7. The van der Waals surface area contributed by atoms with Crippen molar-refractivity contribution in [1.29, 1.82) is 0 Å². The first-order valence-corrected chi connectivity index (χ1v) is 6.28. The van der Waals surface area contributed by atoms with E-state index >= 15 is 0 Å². The minimum Gasteiger partial charge on any atom is -0.387 e. The highest BCUT2D eigenvalue weighted by Crippen LogP contribution is 2.23. The van der Waals surface area contributed by atoms with Crippen LogP contribution in [0.1, 0.15) is 30.7 Å². The second-order valence-corrected chi connectivity index (χ2v) is 4.75. The molecule has 0 fully saturated rings. The molecular weight excluding hydrogens is 282 g/mol. The van der Waals surface area contributed by atoms with Gasteiger partial charge in [-0.15, -0.1) is 5.10 Å². The van der Waals surface area contributed by atoms with Gasteiger partial charge < -0.3 is 5.11 Å². The van der Waals surface area contributed by atoms with Gasteiger partial charge in [-0.1, -0.05) is 34.1 Å². The number of hydrogen-bond donors (Lipinski definition) is 1. The van der Waals surface area contributed by atoms with Crippen LogP contribution in [0.2, 0.25) is 0 Å². The molecule has 1 atom stereocenters. The molecule has 0 aliphatic carbocycles. The van der Waals surface area contributed by atoms with E-state index in [1.165, 1.54) is 0 Å². The number of nitrogens with zero attached hydrogens (tertiary/aromatic N) is 3. The van der Waals surface area contributed by atoms with Crippen LogP contribution < -0.4 is 0 Å². The maximum absolute atomic E-state index is 9.69. The molecule has 1 aromatic heterocycles. The maximum atomic E-state index is 9.69. The molecule has 1 aromatic carbocycles. The number of benzene rings is 1. The van der Waals surface area contributed by atoms with E-state index in [0.29, 0.717) is 12.1 Å². The van der Waals surface area contributed by atoms with E-state index in [0.717, 1.165) is 15.7 Å². The van der Waals surface area contributed by atoms with Crippen molar-refractivity contribution >= 4 is 15.9 Å². The molecule has 17 heavy (non-hydrogen) atoms. The first-order chi connectivity index (χ1) is 8.13. The highest BCUT2D eigenvalue weighted by molar-refractivity contribution is 9.10. The standard InChI is InChI=1S/C12H14BrN3O/c1-3-12(17)10-7-16(15-14-10)11-6-4-5-9(13)8(11)2/h4-7,12,17H,3H2,1-2H3. The molecule has 0 aliphatic heterocycles. The van der Waals surface area contributed by atoms with E-state index in [1.807, 2.05) is 32.0 Å². The zero-order valence-corrected chi connectivity index (χ0v) is 11.3. The van der Waals surface area contributed by atoms with Crippen LogP contribution in [0.15, 0.2) is 28.9 Å². The van der Waals surface area contributed by atoms with Gasteiger partial charge in [-0.2, -0.15) is 0 Å². The van der Waals surface area contributed by atoms with E-state index in [-0.39, 0.29) is 0 Å². The number of aromatic nitrogens is 3. The van der Waals surface area contributed by atoms with Crippen LogP contribution in [0, 0.1) is 6.92 Å². The molecule has 1 heterocycles. The molecule has 0 aliphatic rings. The Balaban J connectivity index is 2.40. The third-order valence-corrected chi connectivity index (χ3v) is 3.58. The fourth-order valence-corrected chi connectivity index (χ4v) is 1.96. The Labute approximate surface area is 108 Å². The molecule has 2 rings (SSSR count). The molecule has 1 N–H and O–H groups in total. The number of aliphatic hydroxyl groups is 1. The van der Waals surface area contributed by atoms with E-state index in [1.54, 1.807) is 10.9 Å². The molecule has 0 bridgehead atoms. The molecule has 0 amide bonds. The SMILES string of the molecule is CCC(O)c1cn(-c2cccc(Br)c2C)nn1. The van der Waals surface area contributed by atoms with Crippen molar-refractivity contribution in [1.82, 2.24) is 15.0 Å². The summed E-state index contributed by atoms with van der Waals surface area (Å²) in [7, 11) is 0. The lowest BCUT2D eigenvalue weighted by Crippen LogP contribution is -1.98. The summed E-state index contributed by atoms with van der Waals surface area (Å²) in [4.78, 5) is 0. The summed E-state index contributed by atoms with van der Waals surface area (Å²) >= 11 is 3.48. The minimum absolute atomic E-state index is 0.545. The topological polar surface area (TPSA) is 50.9 Å². The lowest BCUT2D eigenvalue weighted by atomic mass is 10.2. The fraction of sp³-hybridized carbons (Fsp3) is 0.333. The molecule has 4 nitrogen and oxygen atoms in total. The molecule has 2 aromatic rings. The molecular formula is C12H14BrN3O. The van der Waals surface area contributed by atoms with Crippen LogP contribution in [-0.2, 0) is 0 Å². The Bertz CT molecular complexity index is 524. The van der Waals surface area contributed by atoms with Crippen molar-refractivity contribution in [3.63, 3.8) is 0 Å². The predicted octanol–water partition coefficient (Wildman–Crippen LogP) is 2.78. The van der Waals surface area contributed by atoms with E-state index in [4.69, 9.17) is 0 Å². The molecule has 0 radical (unpaired) electrons. The van der Waals surface area contributed by atoms with Crippen LogP contribution in [0.3, 0.4) is 0 Å². The van der Waals surface area contributed by atoms with Gasteiger partial charge in [-0.05, 0) is 31.0 Å². The number of halogens is 1. The zero-order chi connectivity index (χ0) is 12.4. The van der Waals surface area contributed by atoms with E-state index < -0.39 is 6.10 Å². The highest BCUT2D eigenvalue weighted by atomic mass is 79.9. The number of aliphatic hydroxyl groups excluding tert-OH is 1. The summed E-state index contributed by atoms with van der Waals surface area (Å²) < 4.78 is 2.72. The quantitative estimate of drug-likeness (QED) is 0.947. The molecule has 1 unspecified atom stereocenters. The Morgan fingerprint density at radius 2 is 2.24 bits per heavy atom. The second-order valence-electron chi connectivity index (χ2n) is 3.90. The van der Waals surface area contributed by atoms with Crippen LogP contribution in [-0.4, -0.2) is 20.1 Å². The average molecular weight is 296 g/mol. The van der Waals surface area contributed by atoms with Gasteiger partial charge in [-0.25, -0.2) is 4.68 Å². The smallest absolute Gasteiger partial charge is 0.112 e. The van der Waals surface area contributed by atoms with Gasteiger partial charge >= 0.3 is 0 Å². The molecule has 5 heteroatoms. The lowest BCUT2D eigenvalue weighted by molar-refractivity contribution is 0.169. The highest BCUT2D eigenvalue weighted by Gasteiger charge is 2.11. The van der Waals surface area contributed by atoms with Crippen LogP contribution in [0.5, 0.6) is 0 Å². The predicted molar refractivity (Wildman–Crippen MR) is 69.0 cm³/mol.